The lowest BCUT2D eigenvalue weighted by atomic mass is 9.98. The fourth-order valence-electron chi connectivity index (χ4n) is 4.36. The van der Waals surface area contributed by atoms with Gasteiger partial charge in [0.15, 0.2) is 0 Å². The van der Waals surface area contributed by atoms with Crippen molar-refractivity contribution in [1.29, 1.82) is 0 Å². The molecule has 7 heteroatoms. The standard InChI is InChI=1S/C26H36FN3O3/c1-19-6-5-7-20(2)25(19)28-24(32)15-29-12-13-30(26(3,4)18-29)14-23(31)17-33-16-21-8-10-22(27)11-9-21/h5-11,23,31H,12-18H2,1-4H3,(H,28,32). The normalized spacial score (nSPS) is 17.6. The summed E-state index contributed by atoms with van der Waals surface area (Å²) in [6.45, 7) is 11.9. The monoisotopic (exact) mass is 457 g/mol. The van der Waals surface area contributed by atoms with E-state index in [2.05, 4.69) is 29.0 Å². The maximum atomic E-state index is 13.0. The van der Waals surface area contributed by atoms with E-state index in [9.17, 15) is 14.3 Å². The van der Waals surface area contributed by atoms with E-state index in [0.717, 1.165) is 42.0 Å². The molecule has 1 amide bonds. The van der Waals surface area contributed by atoms with Crippen molar-refractivity contribution in [1.82, 2.24) is 9.80 Å². The highest BCUT2D eigenvalue weighted by Gasteiger charge is 2.35. The lowest BCUT2D eigenvalue weighted by Crippen LogP contribution is -2.61. The van der Waals surface area contributed by atoms with E-state index in [-0.39, 0.29) is 23.9 Å². The van der Waals surface area contributed by atoms with Crippen LogP contribution in [-0.2, 0) is 16.1 Å². The number of ether oxygens (including phenoxy) is 1. The van der Waals surface area contributed by atoms with Crippen molar-refractivity contribution in [3.63, 3.8) is 0 Å². The fourth-order valence-corrected chi connectivity index (χ4v) is 4.36. The second-order valence-electron chi connectivity index (χ2n) is 9.58. The van der Waals surface area contributed by atoms with Gasteiger partial charge >= 0.3 is 0 Å². The highest BCUT2D eigenvalue weighted by molar-refractivity contribution is 5.93. The van der Waals surface area contributed by atoms with Gasteiger partial charge in [0, 0.05) is 37.4 Å². The Morgan fingerprint density at radius 2 is 1.82 bits per heavy atom. The van der Waals surface area contributed by atoms with Crippen LogP contribution in [0.3, 0.4) is 0 Å². The highest BCUT2D eigenvalue weighted by atomic mass is 19.1. The van der Waals surface area contributed by atoms with Crippen LogP contribution < -0.4 is 5.32 Å². The van der Waals surface area contributed by atoms with Crippen LogP contribution in [0.2, 0.25) is 0 Å². The van der Waals surface area contributed by atoms with Crippen LogP contribution in [0.1, 0.15) is 30.5 Å². The van der Waals surface area contributed by atoms with E-state index in [1.807, 2.05) is 32.0 Å². The number of para-hydroxylation sites is 1. The Balaban J connectivity index is 1.44. The average Bonchev–Trinajstić information content (AvgIpc) is 2.74. The summed E-state index contributed by atoms with van der Waals surface area (Å²) >= 11 is 0. The summed E-state index contributed by atoms with van der Waals surface area (Å²) in [6, 6.07) is 12.2. The Labute approximate surface area is 196 Å². The molecule has 3 rings (SSSR count). The van der Waals surface area contributed by atoms with Gasteiger partial charge in [-0.3, -0.25) is 14.6 Å². The number of aryl methyl sites for hydroxylation is 2. The number of aliphatic hydroxyl groups is 1. The van der Waals surface area contributed by atoms with Gasteiger partial charge in [-0.15, -0.1) is 0 Å². The van der Waals surface area contributed by atoms with Gasteiger partial charge in [-0.05, 0) is 56.5 Å². The lowest BCUT2D eigenvalue weighted by Gasteiger charge is -2.47. The predicted molar refractivity (Wildman–Crippen MR) is 129 cm³/mol. The summed E-state index contributed by atoms with van der Waals surface area (Å²) in [5.74, 6) is -0.284. The van der Waals surface area contributed by atoms with Crippen molar-refractivity contribution >= 4 is 11.6 Å². The number of rotatable bonds is 9. The van der Waals surface area contributed by atoms with E-state index in [0.29, 0.717) is 19.7 Å². The summed E-state index contributed by atoms with van der Waals surface area (Å²) in [6.07, 6.45) is -0.622. The summed E-state index contributed by atoms with van der Waals surface area (Å²) in [7, 11) is 0. The number of amides is 1. The first-order valence-corrected chi connectivity index (χ1v) is 11.5. The van der Waals surface area contributed by atoms with E-state index < -0.39 is 6.10 Å². The number of nitrogens with zero attached hydrogens (tertiary/aromatic N) is 2. The smallest absolute Gasteiger partial charge is 0.238 e. The van der Waals surface area contributed by atoms with E-state index in [1.54, 1.807) is 12.1 Å². The molecule has 1 aliphatic rings. The Bertz CT molecular complexity index is 913. The first kappa shape index (κ1) is 25.3. The lowest BCUT2D eigenvalue weighted by molar-refractivity contribution is -0.118. The molecule has 0 bridgehead atoms. The largest absolute Gasteiger partial charge is 0.389 e. The average molecular weight is 458 g/mol. The van der Waals surface area contributed by atoms with Crippen molar-refractivity contribution < 1.29 is 19.0 Å². The van der Waals surface area contributed by atoms with Crippen molar-refractivity contribution in [2.45, 2.75) is 45.9 Å². The highest BCUT2D eigenvalue weighted by Crippen LogP contribution is 2.22. The summed E-state index contributed by atoms with van der Waals surface area (Å²) in [5.41, 5.74) is 3.70. The molecule has 0 spiro atoms. The Morgan fingerprint density at radius 1 is 1.15 bits per heavy atom. The molecule has 2 N–H and O–H groups in total. The van der Waals surface area contributed by atoms with Crippen LogP contribution in [0.15, 0.2) is 42.5 Å². The molecule has 0 aromatic heterocycles. The molecule has 6 nitrogen and oxygen atoms in total. The van der Waals surface area contributed by atoms with Crippen LogP contribution in [0.25, 0.3) is 0 Å². The molecule has 33 heavy (non-hydrogen) atoms. The minimum atomic E-state index is -0.622. The Kier molecular flexibility index (Phi) is 8.59. The van der Waals surface area contributed by atoms with Gasteiger partial charge in [0.2, 0.25) is 5.91 Å². The van der Waals surface area contributed by atoms with Crippen molar-refractivity contribution in [3.05, 3.63) is 65.0 Å². The minimum Gasteiger partial charge on any atom is -0.389 e. The molecular formula is C26H36FN3O3. The van der Waals surface area contributed by atoms with Crippen molar-refractivity contribution in [2.75, 3.05) is 44.6 Å². The SMILES string of the molecule is Cc1cccc(C)c1NC(=O)CN1CCN(CC(O)COCc2ccc(F)cc2)C(C)(C)C1. The number of benzene rings is 2. The topological polar surface area (TPSA) is 65.0 Å². The number of nitrogens with one attached hydrogen (secondary N) is 1. The first-order valence-electron chi connectivity index (χ1n) is 11.5. The third kappa shape index (κ3) is 7.33. The number of anilines is 1. The zero-order valence-electron chi connectivity index (χ0n) is 20.1. The molecule has 1 saturated heterocycles. The molecule has 180 valence electrons. The Hall–Kier alpha value is -2.32. The predicted octanol–water partition coefficient (Wildman–Crippen LogP) is 3.35. The number of piperazine rings is 1. The maximum absolute atomic E-state index is 13.0. The Morgan fingerprint density at radius 3 is 2.45 bits per heavy atom. The quantitative estimate of drug-likeness (QED) is 0.605. The number of aliphatic hydroxyl groups excluding tert-OH is 1. The number of halogens is 1. The van der Waals surface area contributed by atoms with Gasteiger partial charge < -0.3 is 15.2 Å². The molecule has 2 aromatic rings. The van der Waals surface area contributed by atoms with E-state index in [4.69, 9.17) is 4.74 Å². The van der Waals surface area contributed by atoms with E-state index in [1.165, 1.54) is 12.1 Å². The molecule has 2 aromatic carbocycles. The van der Waals surface area contributed by atoms with Gasteiger partial charge in [0.25, 0.3) is 0 Å². The number of carbonyl (C=O) groups is 1. The van der Waals surface area contributed by atoms with Gasteiger partial charge in [0.05, 0.1) is 25.9 Å². The van der Waals surface area contributed by atoms with Crippen LogP contribution in [-0.4, -0.2) is 71.8 Å². The number of carbonyl (C=O) groups excluding carboxylic acids is 1. The molecule has 1 fully saturated rings. The summed E-state index contributed by atoms with van der Waals surface area (Å²) in [4.78, 5) is 17.1. The summed E-state index contributed by atoms with van der Waals surface area (Å²) < 4.78 is 18.6. The van der Waals surface area contributed by atoms with Crippen LogP contribution >= 0.6 is 0 Å². The fraction of sp³-hybridized carbons (Fsp3) is 0.500. The molecule has 1 atom stereocenters. The molecule has 1 heterocycles. The van der Waals surface area contributed by atoms with Gasteiger partial charge in [-0.25, -0.2) is 4.39 Å². The van der Waals surface area contributed by atoms with Gasteiger partial charge in [-0.2, -0.15) is 0 Å². The zero-order valence-corrected chi connectivity index (χ0v) is 20.1. The zero-order chi connectivity index (χ0) is 24.0. The third-order valence-corrected chi connectivity index (χ3v) is 6.19. The molecule has 0 saturated carbocycles. The summed E-state index contributed by atoms with van der Waals surface area (Å²) in [5, 5.41) is 13.5. The van der Waals surface area contributed by atoms with Crippen LogP contribution in [0.4, 0.5) is 10.1 Å². The van der Waals surface area contributed by atoms with Crippen molar-refractivity contribution in [3.8, 4) is 0 Å². The third-order valence-electron chi connectivity index (χ3n) is 6.19. The van der Waals surface area contributed by atoms with Crippen LogP contribution in [0.5, 0.6) is 0 Å². The van der Waals surface area contributed by atoms with Gasteiger partial charge in [-0.1, -0.05) is 30.3 Å². The molecule has 1 unspecified atom stereocenters. The van der Waals surface area contributed by atoms with Gasteiger partial charge in [0.1, 0.15) is 5.82 Å². The molecule has 0 aliphatic carbocycles. The number of hydrogen-bond acceptors (Lipinski definition) is 5. The second kappa shape index (κ2) is 11.2. The second-order valence-corrected chi connectivity index (χ2v) is 9.58. The first-order chi connectivity index (χ1) is 15.6. The van der Waals surface area contributed by atoms with E-state index >= 15 is 0 Å². The molecule has 1 aliphatic heterocycles. The van der Waals surface area contributed by atoms with Crippen molar-refractivity contribution in [2.24, 2.45) is 0 Å². The maximum Gasteiger partial charge on any atom is 0.238 e. The molecule has 0 radical (unpaired) electrons. The minimum absolute atomic E-state index is 0.00845. The molecular weight excluding hydrogens is 421 g/mol. The number of hydrogen-bond donors (Lipinski definition) is 2. The van der Waals surface area contributed by atoms with Crippen LogP contribution in [0, 0.1) is 19.7 Å². The number of β-amino-alcohol motifs (C(OH)–C–C–N with tert-alkyl or cyclic N) is 1.